The molecule has 0 radical (unpaired) electrons. The van der Waals surface area contributed by atoms with Crippen molar-refractivity contribution in [3.05, 3.63) is 70.4 Å². The van der Waals surface area contributed by atoms with E-state index in [0.29, 0.717) is 11.3 Å². The number of carbonyl (C=O) groups excluding carboxylic acids is 3. The van der Waals surface area contributed by atoms with Crippen molar-refractivity contribution in [3.8, 4) is 0 Å². The van der Waals surface area contributed by atoms with Crippen molar-refractivity contribution in [2.45, 2.75) is 51.5 Å². The van der Waals surface area contributed by atoms with Gasteiger partial charge in [-0.15, -0.1) is 0 Å². The molecule has 2 N–H and O–H groups in total. The van der Waals surface area contributed by atoms with E-state index >= 15 is 0 Å². The number of amides is 3. The van der Waals surface area contributed by atoms with Gasteiger partial charge >= 0.3 is 0 Å². The number of rotatable bonds is 6. The molecule has 166 valence electrons. The number of hydrogen-bond donors (Lipinski definition) is 2. The van der Waals surface area contributed by atoms with E-state index in [2.05, 4.69) is 17.6 Å². The highest BCUT2D eigenvalue weighted by atomic mass is 35.5. The second kappa shape index (κ2) is 9.57. The van der Waals surface area contributed by atoms with Crippen molar-refractivity contribution in [3.63, 3.8) is 0 Å². The first-order valence-corrected chi connectivity index (χ1v) is 11.4. The number of aryl methyl sites for hydroxylation is 1. The number of carbonyl (C=O) groups is 3. The zero-order chi connectivity index (χ0) is 22.7. The zero-order valence-corrected chi connectivity index (χ0v) is 18.7. The van der Waals surface area contributed by atoms with Crippen LogP contribution < -0.4 is 10.6 Å². The molecule has 0 aromatic heterocycles. The van der Waals surface area contributed by atoms with Gasteiger partial charge in [-0.3, -0.25) is 19.3 Å². The molecule has 3 amide bonds. The third-order valence-corrected chi connectivity index (χ3v) is 6.39. The average molecular weight is 452 g/mol. The molecule has 1 heterocycles. The van der Waals surface area contributed by atoms with Crippen LogP contribution in [-0.4, -0.2) is 28.7 Å². The Morgan fingerprint density at radius 3 is 2.19 bits per heavy atom. The number of hydrogen-bond acceptors (Lipinski definition) is 4. The summed E-state index contributed by atoms with van der Waals surface area (Å²) in [5, 5.41) is 5.76. The van der Waals surface area contributed by atoms with Crippen LogP contribution >= 0.6 is 11.6 Å². The fraction of sp³-hybridized carbons (Fsp3) is 0.320. The molecule has 4 rings (SSSR count). The van der Waals surface area contributed by atoms with Crippen LogP contribution in [0.25, 0.3) is 0 Å². The number of halogens is 1. The molecule has 0 unspecified atom stereocenters. The van der Waals surface area contributed by atoms with Crippen molar-refractivity contribution >= 4 is 40.7 Å². The van der Waals surface area contributed by atoms with Crippen LogP contribution in [0.3, 0.4) is 0 Å². The van der Waals surface area contributed by atoms with Crippen LogP contribution in [0.4, 0.5) is 11.4 Å². The Kier molecular flexibility index (Phi) is 6.61. The number of nitrogens with one attached hydrogen (secondary N) is 2. The van der Waals surface area contributed by atoms with E-state index in [4.69, 9.17) is 11.6 Å². The lowest BCUT2D eigenvalue weighted by atomic mass is 9.94. The smallest absolute Gasteiger partial charge is 0.279 e. The maximum atomic E-state index is 12.9. The molecule has 1 saturated carbocycles. The molecule has 2 aromatic carbocycles. The minimum atomic E-state index is -0.434. The molecule has 1 aliphatic heterocycles. The quantitative estimate of drug-likeness (QED) is 0.601. The zero-order valence-electron chi connectivity index (χ0n) is 18.0. The fourth-order valence-corrected chi connectivity index (χ4v) is 4.39. The third-order valence-electron chi connectivity index (χ3n) is 6.04. The molecule has 1 aliphatic carbocycles. The summed E-state index contributed by atoms with van der Waals surface area (Å²) in [4.78, 5) is 39.3. The van der Waals surface area contributed by atoms with E-state index in [9.17, 15) is 14.4 Å². The summed E-state index contributed by atoms with van der Waals surface area (Å²) in [5.41, 5.74) is 3.08. The van der Waals surface area contributed by atoms with E-state index in [0.717, 1.165) is 44.2 Å². The van der Waals surface area contributed by atoms with Gasteiger partial charge in [-0.1, -0.05) is 49.9 Å². The molecule has 0 spiro atoms. The number of nitrogens with zero attached hydrogens (tertiary/aromatic N) is 1. The van der Waals surface area contributed by atoms with Crippen molar-refractivity contribution < 1.29 is 14.4 Å². The minimum absolute atomic E-state index is 0.0853. The Morgan fingerprint density at radius 1 is 0.938 bits per heavy atom. The van der Waals surface area contributed by atoms with Gasteiger partial charge in [-0.25, -0.2) is 0 Å². The lowest BCUT2D eigenvalue weighted by molar-refractivity contribution is -0.140. The molecule has 2 aliphatic rings. The summed E-state index contributed by atoms with van der Waals surface area (Å²) in [7, 11) is 0. The lowest BCUT2D eigenvalue weighted by Gasteiger charge is -2.29. The van der Waals surface area contributed by atoms with E-state index < -0.39 is 5.91 Å². The van der Waals surface area contributed by atoms with E-state index in [1.54, 1.807) is 24.3 Å². The summed E-state index contributed by atoms with van der Waals surface area (Å²) >= 11 is 6.22. The molecule has 2 aromatic rings. The van der Waals surface area contributed by atoms with Crippen molar-refractivity contribution in [1.82, 2.24) is 4.90 Å². The maximum absolute atomic E-state index is 12.9. The predicted molar refractivity (Wildman–Crippen MR) is 125 cm³/mol. The predicted octanol–water partition coefficient (Wildman–Crippen LogP) is 5.07. The molecule has 7 heteroatoms. The van der Waals surface area contributed by atoms with Crippen LogP contribution in [-0.2, 0) is 16.0 Å². The standard InChI is InChI=1S/C25H26ClN3O3/c1-2-16-8-12-19(13-9-16)28-23(30)17-10-14-18(15-11-17)27-22-21(26)24(31)29(25(22)32)20-6-4-3-5-7-20/h8-15,20,27H,2-7H2,1H3,(H,28,30). The SMILES string of the molecule is CCc1ccc(NC(=O)c2ccc(NC3=C(Cl)C(=O)N(C4CCCCC4)C3=O)cc2)cc1. The van der Waals surface area contributed by atoms with Crippen molar-refractivity contribution in [2.24, 2.45) is 0 Å². The fourth-order valence-electron chi connectivity index (χ4n) is 4.17. The first-order chi connectivity index (χ1) is 15.5. The van der Waals surface area contributed by atoms with E-state index in [1.807, 2.05) is 24.3 Å². The highest BCUT2D eigenvalue weighted by Gasteiger charge is 2.42. The lowest BCUT2D eigenvalue weighted by Crippen LogP contribution is -2.42. The molecule has 0 atom stereocenters. The molecule has 32 heavy (non-hydrogen) atoms. The van der Waals surface area contributed by atoms with Crippen LogP contribution in [0.1, 0.15) is 54.9 Å². The summed E-state index contributed by atoms with van der Waals surface area (Å²) < 4.78 is 0. The number of anilines is 2. The largest absolute Gasteiger partial charge is 0.350 e. The van der Waals surface area contributed by atoms with Gasteiger partial charge in [0.25, 0.3) is 17.7 Å². The Hall–Kier alpha value is -3.12. The maximum Gasteiger partial charge on any atom is 0.279 e. The molecule has 6 nitrogen and oxygen atoms in total. The molecular weight excluding hydrogens is 426 g/mol. The van der Waals surface area contributed by atoms with Gasteiger partial charge in [-0.05, 0) is 61.2 Å². The van der Waals surface area contributed by atoms with Crippen LogP contribution in [0, 0.1) is 0 Å². The van der Waals surface area contributed by atoms with Crippen LogP contribution in [0.5, 0.6) is 0 Å². The third kappa shape index (κ3) is 4.55. The first-order valence-electron chi connectivity index (χ1n) is 11.0. The second-order valence-electron chi connectivity index (χ2n) is 8.17. The summed E-state index contributed by atoms with van der Waals surface area (Å²) in [6.07, 6.45) is 5.72. The van der Waals surface area contributed by atoms with Crippen LogP contribution in [0.2, 0.25) is 0 Å². The second-order valence-corrected chi connectivity index (χ2v) is 8.55. The highest BCUT2D eigenvalue weighted by molar-refractivity contribution is 6.48. The van der Waals surface area contributed by atoms with Crippen LogP contribution in [0.15, 0.2) is 59.3 Å². The molecule has 0 saturated heterocycles. The topological polar surface area (TPSA) is 78.5 Å². The Labute approximate surface area is 192 Å². The van der Waals surface area contributed by atoms with Gasteiger partial charge in [0, 0.05) is 23.0 Å². The number of imide groups is 1. The highest BCUT2D eigenvalue weighted by Crippen LogP contribution is 2.32. The Bertz CT molecular complexity index is 1050. The molecule has 1 fully saturated rings. The van der Waals surface area contributed by atoms with Gasteiger partial charge in [0.2, 0.25) is 0 Å². The summed E-state index contributed by atoms with van der Waals surface area (Å²) in [5.74, 6) is -1.05. The molecular formula is C25H26ClN3O3. The van der Waals surface area contributed by atoms with Gasteiger partial charge in [0.15, 0.2) is 0 Å². The van der Waals surface area contributed by atoms with E-state index in [1.165, 1.54) is 10.5 Å². The monoisotopic (exact) mass is 451 g/mol. The Morgan fingerprint density at radius 2 is 1.56 bits per heavy atom. The minimum Gasteiger partial charge on any atom is -0.350 e. The van der Waals surface area contributed by atoms with Crippen molar-refractivity contribution in [2.75, 3.05) is 10.6 Å². The summed E-state index contributed by atoms with van der Waals surface area (Å²) in [6.45, 7) is 2.08. The van der Waals surface area contributed by atoms with Gasteiger partial charge in [-0.2, -0.15) is 0 Å². The van der Waals surface area contributed by atoms with Gasteiger partial charge in [0.1, 0.15) is 10.7 Å². The van der Waals surface area contributed by atoms with E-state index in [-0.39, 0.29) is 28.6 Å². The van der Waals surface area contributed by atoms with Crippen molar-refractivity contribution in [1.29, 1.82) is 0 Å². The average Bonchev–Trinajstić information content (AvgIpc) is 3.03. The van der Waals surface area contributed by atoms with Gasteiger partial charge in [0.05, 0.1) is 0 Å². The first kappa shape index (κ1) is 22.1. The number of benzene rings is 2. The normalized spacial score (nSPS) is 17.1. The molecule has 0 bridgehead atoms. The Balaban J connectivity index is 1.42. The summed E-state index contributed by atoms with van der Waals surface area (Å²) in [6, 6.07) is 14.3. The van der Waals surface area contributed by atoms with Gasteiger partial charge < -0.3 is 10.6 Å².